The van der Waals surface area contributed by atoms with Crippen molar-refractivity contribution in [3.63, 3.8) is 0 Å². The molecule has 5 nitrogen and oxygen atoms in total. The summed E-state index contributed by atoms with van der Waals surface area (Å²) in [7, 11) is -4.58. The van der Waals surface area contributed by atoms with Crippen molar-refractivity contribution in [2.45, 2.75) is 23.5 Å². The lowest BCUT2D eigenvalue weighted by molar-refractivity contribution is 0.580. The highest BCUT2D eigenvalue weighted by molar-refractivity contribution is 7.89. The van der Waals surface area contributed by atoms with Gasteiger partial charge in [0.25, 0.3) is 0 Å². The van der Waals surface area contributed by atoms with E-state index < -0.39 is 20.8 Å². The summed E-state index contributed by atoms with van der Waals surface area (Å²) in [6.45, 7) is 2.43. The van der Waals surface area contributed by atoms with Crippen LogP contribution in [0.2, 0.25) is 0 Å². The summed E-state index contributed by atoms with van der Waals surface area (Å²) in [5.41, 5.74) is 6.44. The van der Waals surface area contributed by atoms with Crippen LogP contribution in [0.5, 0.6) is 0 Å². The Morgan fingerprint density at radius 2 is 1.89 bits per heavy atom. The molecule has 1 rings (SSSR count). The molecule has 0 radical (unpaired) electrons. The fourth-order valence-corrected chi connectivity index (χ4v) is 2.98. The first-order valence-electron chi connectivity index (χ1n) is 5.97. The Kier molecular flexibility index (Phi) is 6.12. The molecule has 0 aliphatic heterocycles. The zero-order valence-electron chi connectivity index (χ0n) is 11.1. The summed E-state index contributed by atoms with van der Waals surface area (Å²) in [4.78, 5) is 0.211. The molecule has 1 aromatic rings. The van der Waals surface area contributed by atoms with E-state index in [-0.39, 0.29) is 16.7 Å². The number of rotatable bonds is 7. The molecule has 7 heteroatoms. The van der Waals surface area contributed by atoms with Gasteiger partial charge in [0.05, 0.1) is 4.90 Å². The van der Waals surface area contributed by atoms with Gasteiger partial charge in [0.15, 0.2) is 0 Å². The zero-order chi connectivity index (χ0) is 14.5. The van der Waals surface area contributed by atoms with Crippen LogP contribution in [0.1, 0.15) is 12.5 Å². The first kappa shape index (κ1) is 16.3. The fraction of sp³-hybridized carbons (Fsp3) is 0.500. The summed E-state index contributed by atoms with van der Waals surface area (Å²) in [5, 5.41) is -0.216. The van der Waals surface area contributed by atoms with E-state index in [1.165, 1.54) is 0 Å². The summed E-state index contributed by atoms with van der Waals surface area (Å²) in [5.74, 6) is 0. The number of nitrogens with two attached hydrogens (primary N) is 1. The molecule has 108 valence electrons. The van der Waals surface area contributed by atoms with Crippen molar-refractivity contribution in [3.8, 4) is 0 Å². The van der Waals surface area contributed by atoms with Crippen LogP contribution in [-0.4, -0.2) is 37.2 Å². The van der Waals surface area contributed by atoms with Crippen LogP contribution >= 0.6 is 0 Å². The SMILES string of the molecule is CC(CNS(=O)(=O)c1ccc(CCN)cc1)S(C)=O. The largest absolute Gasteiger partial charge is 0.330 e. The Morgan fingerprint density at radius 1 is 1.32 bits per heavy atom. The maximum absolute atomic E-state index is 12.0. The monoisotopic (exact) mass is 304 g/mol. The van der Waals surface area contributed by atoms with Gasteiger partial charge in [-0.15, -0.1) is 0 Å². The van der Waals surface area contributed by atoms with Gasteiger partial charge in [0, 0.05) is 28.9 Å². The normalized spacial score (nSPS) is 15.1. The molecule has 0 aliphatic rings. The molecule has 0 bridgehead atoms. The van der Waals surface area contributed by atoms with Crippen molar-refractivity contribution in [1.29, 1.82) is 0 Å². The van der Waals surface area contributed by atoms with Crippen LogP contribution in [0.15, 0.2) is 29.2 Å². The van der Waals surface area contributed by atoms with Gasteiger partial charge in [-0.25, -0.2) is 13.1 Å². The van der Waals surface area contributed by atoms with Crippen molar-refractivity contribution in [3.05, 3.63) is 29.8 Å². The summed E-state index contributed by atoms with van der Waals surface area (Å²) in [6, 6.07) is 6.62. The van der Waals surface area contributed by atoms with Gasteiger partial charge in [0.2, 0.25) is 10.0 Å². The molecule has 19 heavy (non-hydrogen) atoms. The second-order valence-electron chi connectivity index (χ2n) is 4.34. The van der Waals surface area contributed by atoms with Crippen LogP contribution in [0.25, 0.3) is 0 Å². The first-order valence-corrected chi connectivity index (χ1v) is 9.08. The number of sulfonamides is 1. The first-order chi connectivity index (χ1) is 8.86. The van der Waals surface area contributed by atoms with Crippen LogP contribution < -0.4 is 10.5 Å². The topological polar surface area (TPSA) is 89.3 Å². The highest BCUT2D eigenvalue weighted by Crippen LogP contribution is 2.11. The quantitative estimate of drug-likeness (QED) is 0.755. The molecule has 0 saturated carbocycles. The van der Waals surface area contributed by atoms with Crippen molar-refractivity contribution >= 4 is 20.8 Å². The third kappa shape index (κ3) is 5.02. The van der Waals surface area contributed by atoms with Crippen molar-refractivity contribution in [2.75, 3.05) is 19.3 Å². The average molecular weight is 304 g/mol. The van der Waals surface area contributed by atoms with E-state index in [2.05, 4.69) is 4.72 Å². The fourth-order valence-electron chi connectivity index (χ4n) is 1.43. The number of benzene rings is 1. The van der Waals surface area contributed by atoms with Gasteiger partial charge < -0.3 is 5.73 Å². The Morgan fingerprint density at radius 3 is 2.37 bits per heavy atom. The molecule has 0 saturated heterocycles. The summed E-state index contributed by atoms with van der Waals surface area (Å²) >= 11 is 0. The highest BCUT2D eigenvalue weighted by atomic mass is 32.2. The average Bonchev–Trinajstić information content (AvgIpc) is 2.37. The third-order valence-corrected chi connectivity index (χ3v) is 5.53. The number of nitrogens with one attached hydrogen (secondary N) is 1. The van der Waals surface area contributed by atoms with Gasteiger partial charge in [-0.05, 0) is 37.6 Å². The van der Waals surface area contributed by atoms with E-state index in [0.29, 0.717) is 6.54 Å². The lowest BCUT2D eigenvalue weighted by atomic mass is 10.2. The number of hydrogen-bond acceptors (Lipinski definition) is 4. The molecule has 1 aromatic carbocycles. The minimum absolute atomic E-state index is 0.163. The van der Waals surface area contributed by atoms with E-state index in [9.17, 15) is 12.6 Å². The predicted molar refractivity (Wildman–Crippen MR) is 77.9 cm³/mol. The van der Waals surface area contributed by atoms with E-state index in [1.54, 1.807) is 37.4 Å². The molecule has 0 fully saturated rings. The van der Waals surface area contributed by atoms with Crippen LogP contribution in [0.4, 0.5) is 0 Å². The van der Waals surface area contributed by atoms with Gasteiger partial charge in [-0.3, -0.25) is 4.21 Å². The molecule has 0 aliphatic carbocycles. The molecule has 3 N–H and O–H groups in total. The summed E-state index contributed by atoms with van der Waals surface area (Å²) < 4.78 is 37.6. The smallest absolute Gasteiger partial charge is 0.240 e. The van der Waals surface area contributed by atoms with E-state index in [4.69, 9.17) is 5.73 Å². The van der Waals surface area contributed by atoms with Crippen molar-refractivity contribution in [2.24, 2.45) is 5.73 Å². The van der Waals surface area contributed by atoms with Gasteiger partial charge in [0.1, 0.15) is 0 Å². The Balaban J connectivity index is 2.74. The van der Waals surface area contributed by atoms with E-state index in [0.717, 1.165) is 12.0 Å². The molecule has 2 atom stereocenters. The highest BCUT2D eigenvalue weighted by Gasteiger charge is 2.16. The molecule has 0 amide bonds. The lowest BCUT2D eigenvalue weighted by Gasteiger charge is -2.11. The van der Waals surface area contributed by atoms with Gasteiger partial charge >= 0.3 is 0 Å². The minimum atomic E-state index is -3.54. The van der Waals surface area contributed by atoms with Crippen molar-refractivity contribution in [1.82, 2.24) is 4.72 Å². The van der Waals surface area contributed by atoms with Crippen LogP contribution in [-0.2, 0) is 27.2 Å². The standard InChI is InChI=1S/C12H20N2O3S2/c1-10(18(2)15)9-14-19(16,17)12-5-3-11(4-6-12)7-8-13/h3-6,10,14H,7-9,13H2,1-2H3. The second-order valence-corrected chi connectivity index (χ2v) is 7.91. The molecule has 2 unspecified atom stereocenters. The Hall–Kier alpha value is -0.760. The second kappa shape index (κ2) is 7.14. The van der Waals surface area contributed by atoms with Gasteiger partial charge in [-0.2, -0.15) is 0 Å². The predicted octanol–water partition coefficient (Wildman–Crippen LogP) is 0.233. The molecule has 0 heterocycles. The maximum atomic E-state index is 12.0. The van der Waals surface area contributed by atoms with E-state index in [1.807, 2.05) is 0 Å². The summed E-state index contributed by atoms with van der Waals surface area (Å²) in [6.07, 6.45) is 2.28. The lowest BCUT2D eigenvalue weighted by Crippen LogP contribution is -2.32. The minimum Gasteiger partial charge on any atom is -0.330 e. The van der Waals surface area contributed by atoms with Crippen LogP contribution in [0.3, 0.4) is 0 Å². The van der Waals surface area contributed by atoms with Crippen LogP contribution in [0, 0.1) is 0 Å². The molecule has 0 aromatic heterocycles. The molecule has 0 spiro atoms. The maximum Gasteiger partial charge on any atom is 0.240 e. The Labute approximate surface area is 117 Å². The molecular weight excluding hydrogens is 284 g/mol. The third-order valence-electron chi connectivity index (χ3n) is 2.79. The van der Waals surface area contributed by atoms with Crippen molar-refractivity contribution < 1.29 is 12.6 Å². The zero-order valence-corrected chi connectivity index (χ0v) is 12.8. The molecular formula is C12H20N2O3S2. The Bertz CT molecular complexity index is 526. The van der Waals surface area contributed by atoms with Gasteiger partial charge in [-0.1, -0.05) is 12.1 Å². The number of hydrogen-bond donors (Lipinski definition) is 2. The van der Waals surface area contributed by atoms with E-state index >= 15 is 0 Å².